The largest absolute Gasteiger partial charge is 0.494 e. The average molecular weight is 505 g/mol. The smallest absolute Gasteiger partial charge is 0.266 e. The van der Waals surface area contributed by atoms with Gasteiger partial charge in [-0.05, 0) is 74.7 Å². The predicted octanol–water partition coefficient (Wildman–Crippen LogP) is 5.06. The third kappa shape index (κ3) is 5.85. The van der Waals surface area contributed by atoms with E-state index in [1.165, 1.54) is 6.08 Å². The van der Waals surface area contributed by atoms with Gasteiger partial charge in [0.05, 0.1) is 15.6 Å². The second-order valence-corrected chi connectivity index (χ2v) is 7.05. The number of nitrogens with zero attached hydrogens (tertiary/aromatic N) is 2. The van der Waals surface area contributed by atoms with Gasteiger partial charge in [0.2, 0.25) is 0 Å². The highest BCUT2D eigenvalue weighted by Gasteiger charge is 2.13. The first-order valence-electron chi connectivity index (χ1n) is 8.13. The standard InChI is InChI=1S/C20H15Br2N3O3/c1-2-27-16-5-3-4-15(11-16)25-20(26)14(12-24)8-13-9-17(21)19(18(22)10-13)28-7-6-23/h3-5,8-11H,2,7H2,1H3,(H,25,26)/b14-8-. The maximum absolute atomic E-state index is 12.5. The Kier molecular flexibility index (Phi) is 8.06. The molecule has 0 atom stereocenters. The normalized spacial score (nSPS) is 10.5. The van der Waals surface area contributed by atoms with E-state index in [0.29, 0.717) is 38.3 Å². The van der Waals surface area contributed by atoms with Crippen LogP contribution in [-0.2, 0) is 4.79 Å². The van der Waals surface area contributed by atoms with Crippen LogP contribution in [0, 0.1) is 22.7 Å². The van der Waals surface area contributed by atoms with Gasteiger partial charge in [-0.1, -0.05) is 6.07 Å². The van der Waals surface area contributed by atoms with Crippen molar-refractivity contribution in [2.45, 2.75) is 6.92 Å². The molecule has 0 aromatic heterocycles. The summed E-state index contributed by atoms with van der Waals surface area (Å²) in [6, 6.07) is 14.1. The molecule has 8 heteroatoms. The van der Waals surface area contributed by atoms with Crippen LogP contribution in [0.2, 0.25) is 0 Å². The molecular weight excluding hydrogens is 490 g/mol. The molecule has 0 unspecified atom stereocenters. The van der Waals surface area contributed by atoms with E-state index in [1.54, 1.807) is 36.4 Å². The van der Waals surface area contributed by atoms with E-state index in [1.807, 2.05) is 19.1 Å². The van der Waals surface area contributed by atoms with Gasteiger partial charge in [0, 0.05) is 11.8 Å². The van der Waals surface area contributed by atoms with Gasteiger partial charge in [0.1, 0.15) is 29.2 Å². The summed E-state index contributed by atoms with van der Waals surface area (Å²) in [5, 5.41) is 20.7. The number of carbonyl (C=O) groups is 1. The first kappa shape index (κ1) is 21.5. The summed E-state index contributed by atoms with van der Waals surface area (Å²) < 4.78 is 11.9. The minimum absolute atomic E-state index is 0.0636. The molecule has 2 rings (SSSR count). The van der Waals surface area contributed by atoms with Crippen molar-refractivity contribution in [1.29, 1.82) is 10.5 Å². The van der Waals surface area contributed by atoms with Gasteiger partial charge < -0.3 is 14.8 Å². The maximum Gasteiger partial charge on any atom is 0.266 e. The highest BCUT2D eigenvalue weighted by molar-refractivity contribution is 9.11. The maximum atomic E-state index is 12.5. The Balaban J connectivity index is 2.23. The summed E-state index contributed by atoms with van der Waals surface area (Å²) in [6.45, 7) is 2.28. The molecule has 2 aromatic carbocycles. The summed E-state index contributed by atoms with van der Waals surface area (Å²) in [6.07, 6.45) is 1.46. The van der Waals surface area contributed by atoms with Crippen LogP contribution in [0.25, 0.3) is 6.08 Å². The Hall–Kier alpha value is -2.81. The molecule has 142 valence electrons. The average Bonchev–Trinajstić information content (AvgIpc) is 2.66. The number of ether oxygens (including phenoxy) is 2. The van der Waals surface area contributed by atoms with E-state index in [9.17, 15) is 10.1 Å². The second-order valence-electron chi connectivity index (χ2n) is 5.35. The number of nitrogens with one attached hydrogen (secondary N) is 1. The van der Waals surface area contributed by atoms with Crippen molar-refractivity contribution in [3.8, 4) is 23.6 Å². The molecule has 2 aromatic rings. The van der Waals surface area contributed by atoms with Crippen LogP contribution in [0.15, 0.2) is 50.9 Å². The molecule has 0 saturated carbocycles. The van der Waals surface area contributed by atoms with Gasteiger partial charge in [-0.15, -0.1) is 0 Å². The molecule has 0 aliphatic rings. The van der Waals surface area contributed by atoms with E-state index < -0.39 is 5.91 Å². The molecule has 0 radical (unpaired) electrons. The van der Waals surface area contributed by atoms with Gasteiger partial charge in [-0.25, -0.2) is 0 Å². The summed E-state index contributed by atoms with van der Waals surface area (Å²) in [4.78, 5) is 12.5. The molecule has 0 bridgehead atoms. The van der Waals surface area contributed by atoms with Gasteiger partial charge in [0.25, 0.3) is 5.91 Å². The SMILES string of the molecule is CCOc1cccc(NC(=O)/C(C#N)=C\c2cc(Br)c(OCC#N)c(Br)c2)c1. The predicted molar refractivity (Wildman–Crippen MR) is 113 cm³/mol. The van der Waals surface area contributed by atoms with E-state index >= 15 is 0 Å². The fourth-order valence-electron chi connectivity index (χ4n) is 2.25. The number of halogens is 2. The number of benzene rings is 2. The Morgan fingerprint density at radius 2 is 1.89 bits per heavy atom. The fraction of sp³-hybridized carbons (Fsp3) is 0.150. The van der Waals surface area contributed by atoms with Crippen LogP contribution in [0.1, 0.15) is 12.5 Å². The van der Waals surface area contributed by atoms with Crippen LogP contribution < -0.4 is 14.8 Å². The lowest BCUT2D eigenvalue weighted by Gasteiger charge is -2.09. The summed E-state index contributed by atoms with van der Waals surface area (Å²) in [5.74, 6) is 0.561. The molecule has 0 aliphatic heterocycles. The number of hydrogen-bond acceptors (Lipinski definition) is 5. The Morgan fingerprint density at radius 3 is 2.50 bits per heavy atom. The zero-order chi connectivity index (χ0) is 20.5. The molecule has 0 heterocycles. The van der Waals surface area contributed by atoms with Crippen LogP contribution in [0.4, 0.5) is 5.69 Å². The van der Waals surface area contributed by atoms with Crippen LogP contribution >= 0.6 is 31.9 Å². The number of anilines is 1. The third-order valence-electron chi connectivity index (χ3n) is 3.38. The Morgan fingerprint density at radius 1 is 1.18 bits per heavy atom. The lowest BCUT2D eigenvalue weighted by Crippen LogP contribution is -2.13. The Bertz CT molecular complexity index is 968. The van der Waals surface area contributed by atoms with Crippen molar-refractivity contribution in [1.82, 2.24) is 0 Å². The van der Waals surface area contributed by atoms with Crippen molar-refractivity contribution in [3.05, 3.63) is 56.5 Å². The van der Waals surface area contributed by atoms with Crippen LogP contribution in [-0.4, -0.2) is 19.1 Å². The Labute approximate surface area is 179 Å². The molecule has 1 N–H and O–H groups in total. The van der Waals surface area contributed by atoms with E-state index in [2.05, 4.69) is 37.2 Å². The molecule has 0 spiro atoms. The molecular formula is C20H15Br2N3O3. The van der Waals surface area contributed by atoms with Crippen molar-refractivity contribution in [2.75, 3.05) is 18.5 Å². The molecule has 0 saturated heterocycles. The zero-order valence-electron chi connectivity index (χ0n) is 14.8. The zero-order valence-corrected chi connectivity index (χ0v) is 18.0. The van der Waals surface area contributed by atoms with Gasteiger partial charge >= 0.3 is 0 Å². The van der Waals surface area contributed by atoms with E-state index in [-0.39, 0.29) is 12.2 Å². The van der Waals surface area contributed by atoms with Gasteiger partial charge in [-0.3, -0.25) is 4.79 Å². The van der Waals surface area contributed by atoms with E-state index in [0.717, 1.165) is 0 Å². The number of amides is 1. The molecule has 0 fully saturated rings. The topological polar surface area (TPSA) is 95.1 Å². The van der Waals surface area contributed by atoms with Crippen LogP contribution in [0.5, 0.6) is 11.5 Å². The van der Waals surface area contributed by atoms with Crippen LogP contribution in [0.3, 0.4) is 0 Å². The summed E-state index contributed by atoms with van der Waals surface area (Å²) >= 11 is 6.72. The lowest BCUT2D eigenvalue weighted by molar-refractivity contribution is -0.112. The fourth-order valence-corrected chi connectivity index (χ4v) is 3.70. The second kappa shape index (κ2) is 10.5. The molecule has 28 heavy (non-hydrogen) atoms. The monoisotopic (exact) mass is 503 g/mol. The number of nitriles is 2. The van der Waals surface area contributed by atoms with Crippen molar-refractivity contribution in [3.63, 3.8) is 0 Å². The van der Waals surface area contributed by atoms with E-state index in [4.69, 9.17) is 14.7 Å². The first-order valence-corrected chi connectivity index (χ1v) is 9.71. The van der Waals surface area contributed by atoms with Crippen molar-refractivity contribution < 1.29 is 14.3 Å². The summed E-state index contributed by atoms with van der Waals surface area (Å²) in [5.41, 5.74) is 1.07. The first-order chi connectivity index (χ1) is 13.5. The number of carbonyl (C=O) groups excluding carboxylic acids is 1. The molecule has 0 aliphatic carbocycles. The summed E-state index contributed by atoms with van der Waals surface area (Å²) in [7, 11) is 0. The minimum Gasteiger partial charge on any atom is -0.494 e. The molecule has 1 amide bonds. The van der Waals surface area contributed by atoms with Gasteiger partial charge in [-0.2, -0.15) is 10.5 Å². The minimum atomic E-state index is -0.534. The quantitative estimate of drug-likeness (QED) is 0.420. The highest BCUT2D eigenvalue weighted by atomic mass is 79.9. The van der Waals surface area contributed by atoms with Gasteiger partial charge in [0.15, 0.2) is 6.61 Å². The highest BCUT2D eigenvalue weighted by Crippen LogP contribution is 2.35. The van der Waals surface area contributed by atoms with Crippen molar-refractivity contribution >= 4 is 49.5 Å². The van der Waals surface area contributed by atoms with Crippen molar-refractivity contribution in [2.24, 2.45) is 0 Å². The molecule has 6 nitrogen and oxygen atoms in total. The lowest BCUT2D eigenvalue weighted by atomic mass is 10.1. The number of rotatable bonds is 7. The third-order valence-corrected chi connectivity index (χ3v) is 4.56. The number of hydrogen-bond donors (Lipinski definition) is 1.